The summed E-state index contributed by atoms with van der Waals surface area (Å²) in [5.41, 5.74) is 3.59. The summed E-state index contributed by atoms with van der Waals surface area (Å²) in [5.74, 6) is 1.80. The minimum atomic E-state index is -0.748. The first-order chi connectivity index (χ1) is 27.6. The average molecular weight is 811 g/mol. The number of carbonyl (C=O) groups is 3. The lowest BCUT2D eigenvalue weighted by Crippen LogP contribution is -2.49. The van der Waals surface area contributed by atoms with Gasteiger partial charge in [0.2, 0.25) is 11.8 Å². The Kier molecular flexibility index (Phi) is 10.3. The Labute approximate surface area is 340 Å². The number of hydrogen-bond acceptors (Lipinski definition) is 12. The Morgan fingerprint density at radius 1 is 0.965 bits per heavy atom. The van der Waals surface area contributed by atoms with Crippen molar-refractivity contribution < 1.29 is 19.5 Å². The van der Waals surface area contributed by atoms with Crippen LogP contribution in [-0.4, -0.2) is 111 Å². The second-order valence-corrected chi connectivity index (χ2v) is 17.4. The molecule has 9 rings (SSSR count). The number of nitrogens with zero attached hydrogens (tertiary/aromatic N) is 7. The molecular formula is C41H47ClN10O4S. The van der Waals surface area contributed by atoms with E-state index in [0.717, 1.165) is 74.6 Å². The highest BCUT2D eigenvalue weighted by molar-refractivity contribution is 7.17. The Hall–Kier alpha value is -4.83. The van der Waals surface area contributed by atoms with Crippen LogP contribution in [0, 0.1) is 13.8 Å². The van der Waals surface area contributed by atoms with Crippen LogP contribution in [-0.2, 0) is 9.59 Å². The number of piperazine rings is 2. The molecule has 6 atom stereocenters. The summed E-state index contributed by atoms with van der Waals surface area (Å²) in [4.78, 5) is 62.5. The van der Waals surface area contributed by atoms with Crippen LogP contribution < -0.4 is 25.8 Å². The van der Waals surface area contributed by atoms with Gasteiger partial charge in [0.05, 0.1) is 28.9 Å². The number of hydrogen-bond donors (Lipinski definition) is 4. The lowest BCUT2D eigenvalue weighted by molar-refractivity contribution is -0.132. The number of aliphatic hydroxyl groups is 1. The van der Waals surface area contributed by atoms with Gasteiger partial charge in [0.25, 0.3) is 5.91 Å². The van der Waals surface area contributed by atoms with E-state index >= 15 is 0 Å². The Morgan fingerprint density at radius 3 is 2.49 bits per heavy atom. The van der Waals surface area contributed by atoms with Crippen LogP contribution in [0.5, 0.6) is 0 Å². The predicted molar refractivity (Wildman–Crippen MR) is 220 cm³/mol. The molecule has 5 saturated heterocycles. The van der Waals surface area contributed by atoms with Gasteiger partial charge in [-0.1, -0.05) is 47.2 Å². The molecule has 16 heteroatoms. The first kappa shape index (κ1) is 37.7. The van der Waals surface area contributed by atoms with Gasteiger partial charge in [0.1, 0.15) is 28.6 Å². The van der Waals surface area contributed by atoms with Crippen LogP contribution in [0.25, 0.3) is 0 Å². The van der Waals surface area contributed by atoms with Gasteiger partial charge < -0.3 is 35.8 Å². The lowest BCUT2D eigenvalue weighted by Gasteiger charge is -2.36. The number of para-hydroxylation sites is 1. The number of amides is 3. The third-order valence-electron chi connectivity index (χ3n) is 12.3. The number of likely N-dealkylation sites (tertiary alicyclic amines) is 2. The van der Waals surface area contributed by atoms with Gasteiger partial charge in [-0.05, 0) is 81.8 Å². The number of fused-ring (bicyclic) bond motifs is 4. The van der Waals surface area contributed by atoms with Crippen LogP contribution in [0.1, 0.15) is 71.1 Å². The number of anilines is 5. The molecule has 5 aliphatic heterocycles. The first-order valence-corrected chi connectivity index (χ1v) is 21.1. The molecular weight excluding hydrogens is 764 g/mol. The number of halogens is 1. The van der Waals surface area contributed by atoms with E-state index in [9.17, 15) is 19.5 Å². The van der Waals surface area contributed by atoms with E-state index in [-0.39, 0.29) is 29.7 Å². The fourth-order valence-corrected chi connectivity index (χ4v) is 10.4. The maximum Gasteiger partial charge on any atom is 0.267 e. The Morgan fingerprint density at radius 2 is 1.75 bits per heavy atom. The van der Waals surface area contributed by atoms with Crippen molar-refractivity contribution in [2.75, 3.05) is 53.2 Å². The molecule has 5 aliphatic rings. The van der Waals surface area contributed by atoms with Gasteiger partial charge in [-0.25, -0.2) is 15.0 Å². The molecule has 0 saturated carbocycles. The first-order valence-electron chi connectivity index (χ1n) is 19.9. The maximum atomic E-state index is 13.4. The van der Waals surface area contributed by atoms with Gasteiger partial charge >= 0.3 is 0 Å². The molecule has 4 bridgehead atoms. The molecule has 4 aromatic rings. The summed E-state index contributed by atoms with van der Waals surface area (Å²) in [7, 11) is 0. The second kappa shape index (κ2) is 15.5. The number of rotatable bonds is 11. The van der Waals surface area contributed by atoms with Crippen LogP contribution in [0.2, 0.25) is 5.02 Å². The monoisotopic (exact) mass is 810 g/mol. The van der Waals surface area contributed by atoms with Gasteiger partial charge in [0, 0.05) is 62.5 Å². The van der Waals surface area contributed by atoms with Crippen molar-refractivity contribution in [1.82, 2.24) is 30.1 Å². The number of benzene rings is 2. The summed E-state index contributed by atoms with van der Waals surface area (Å²) in [5, 5.41) is 19.6. The predicted octanol–water partition coefficient (Wildman–Crippen LogP) is 5.04. The van der Waals surface area contributed by atoms with Crippen molar-refractivity contribution in [3.63, 3.8) is 0 Å². The molecule has 0 spiro atoms. The lowest BCUT2D eigenvalue weighted by atomic mass is 9.90. The highest BCUT2D eigenvalue weighted by Crippen LogP contribution is 2.38. The average Bonchev–Trinajstić information content (AvgIpc) is 4.04. The van der Waals surface area contributed by atoms with E-state index in [2.05, 4.69) is 57.7 Å². The number of thiazole rings is 1. The number of aliphatic hydroxyl groups excluding tert-OH is 1. The van der Waals surface area contributed by atoms with E-state index in [1.54, 1.807) is 12.3 Å². The zero-order valence-corrected chi connectivity index (χ0v) is 33.6. The van der Waals surface area contributed by atoms with Gasteiger partial charge in [-0.2, -0.15) is 0 Å². The quantitative estimate of drug-likeness (QED) is 0.161. The molecule has 298 valence electrons. The highest BCUT2D eigenvalue weighted by atomic mass is 35.5. The summed E-state index contributed by atoms with van der Waals surface area (Å²) >= 11 is 7.55. The fraction of sp³-hybridized carbons (Fsp3) is 0.463. The van der Waals surface area contributed by atoms with Gasteiger partial charge in [0.15, 0.2) is 5.13 Å². The van der Waals surface area contributed by atoms with Gasteiger partial charge in [-0.3, -0.25) is 19.3 Å². The summed E-state index contributed by atoms with van der Waals surface area (Å²) in [6, 6.07) is 17.0. The minimum Gasteiger partial charge on any atom is -0.374 e. The van der Waals surface area contributed by atoms with E-state index in [0.29, 0.717) is 69.7 Å². The Balaban J connectivity index is 0.733. The van der Waals surface area contributed by atoms with Crippen molar-refractivity contribution in [3.8, 4) is 0 Å². The van der Waals surface area contributed by atoms with Crippen molar-refractivity contribution >= 4 is 68.8 Å². The fourth-order valence-electron chi connectivity index (χ4n) is 9.45. The number of nitrogens with one attached hydrogen (secondary N) is 3. The zero-order chi connectivity index (χ0) is 39.4. The summed E-state index contributed by atoms with van der Waals surface area (Å²) < 4.78 is 0. The largest absolute Gasteiger partial charge is 0.374 e. The van der Waals surface area contributed by atoms with E-state index in [1.807, 2.05) is 44.2 Å². The third kappa shape index (κ3) is 7.65. The summed E-state index contributed by atoms with van der Waals surface area (Å²) in [6.45, 7) is 8.10. The molecule has 14 nitrogen and oxygen atoms in total. The minimum absolute atomic E-state index is 0.116. The Bertz CT molecular complexity index is 2170. The molecule has 4 N–H and O–H groups in total. The van der Waals surface area contributed by atoms with Crippen LogP contribution in [0.4, 0.5) is 28.1 Å². The number of piperidine rings is 1. The van der Waals surface area contributed by atoms with E-state index in [1.165, 1.54) is 11.3 Å². The molecule has 5 fully saturated rings. The standard InChI is InChI=1S/C41H47ClN10O4S/c1-23-5-3-6-32(42)38(23)48-40(56)33-18-43-41(57-33)46-34-17-35(45-24(2)44-34)51-20-27-15-28(51)19-49(27)14-4-7-37(54)52-22-29-16-30(52)21-50(29)26-10-8-25(9-11-26)31-12-13-36(53)47-39(31)55/h3,5-6,8-11,17-18,27-31,36,53H,4,7,12-16,19-22H2,1-2H3,(H,47,55)(H,48,56)(H,43,44,45,46)/t27-,28-,29?,30?,31?,36?/m0/s1. The smallest absolute Gasteiger partial charge is 0.267 e. The maximum absolute atomic E-state index is 13.4. The van der Waals surface area contributed by atoms with Crippen LogP contribution >= 0.6 is 22.9 Å². The molecule has 0 aliphatic carbocycles. The molecule has 2 aromatic carbocycles. The van der Waals surface area contributed by atoms with Crippen LogP contribution in [0.15, 0.2) is 54.7 Å². The van der Waals surface area contributed by atoms with E-state index < -0.39 is 6.23 Å². The number of aromatic nitrogens is 3. The molecule has 7 heterocycles. The number of aryl methyl sites for hydroxylation is 2. The van der Waals surface area contributed by atoms with Crippen molar-refractivity contribution in [2.45, 2.75) is 88.7 Å². The van der Waals surface area contributed by atoms with Crippen LogP contribution in [0.3, 0.4) is 0 Å². The zero-order valence-electron chi connectivity index (χ0n) is 32.0. The van der Waals surface area contributed by atoms with Gasteiger partial charge in [-0.15, -0.1) is 0 Å². The summed E-state index contributed by atoms with van der Waals surface area (Å²) in [6.07, 6.45) is 5.48. The van der Waals surface area contributed by atoms with Crippen molar-refractivity contribution in [3.05, 3.63) is 81.6 Å². The number of carbonyl (C=O) groups excluding carboxylic acids is 3. The second-order valence-electron chi connectivity index (χ2n) is 16.0. The molecule has 57 heavy (non-hydrogen) atoms. The van der Waals surface area contributed by atoms with E-state index in [4.69, 9.17) is 16.6 Å². The molecule has 4 unspecified atom stereocenters. The SMILES string of the molecule is Cc1nc(Nc2ncc(C(=O)Nc3c(C)cccc3Cl)s2)cc(N2C[C@@H]3C[C@H]2CN3CCCC(=O)N2CC3CC2CN3c2ccc(C3CCC(O)NC3=O)cc2)n1. The topological polar surface area (TPSA) is 159 Å². The third-order valence-corrected chi connectivity index (χ3v) is 13.5. The normalized spacial score (nSPS) is 25.3. The van der Waals surface area contributed by atoms with Crippen molar-refractivity contribution in [2.24, 2.45) is 0 Å². The molecule has 3 amide bonds. The molecule has 0 radical (unpaired) electrons. The van der Waals surface area contributed by atoms with Crippen molar-refractivity contribution in [1.29, 1.82) is 0 Å². The molecule has 2 aromatic heterocycles. The highest BCUT2D eigenvalue weighted by Gasteiger charge is 2.46.